The van der Waals surface area contributed by atoms with Crippen LogP contribution in [-0.2, 0) is 16.2 Å². The van der Waals surface area contributed by atoms with Gasteiger partial charge in [-0.05, 0) is 24.6 Å². The maximum absolute atomic E-state index is 12.6. The number of hydrogen-bond acceptors (Lipinski definition) is 4. The van der Waals surface area contributed by atoms with Crippen LogP contribution in [0.4, 0.5) is 18.9 Å². The van der Waals surface area contributed by atoms with E-state index in [2.05, 4.69) is 5.32 Å². The summed E-state index contributed by atoms with van der Waals surface area (Å²) in [6.45, 7) is 0.126. The van der Waals surface area contributed by atoms with Crippen LogP contribution in [0.25, 0.3) is 0 Å². The van der Waals surface area contributed by atoms with Gasteiger partial charge in [-0.1, -0.05) is 0 Å². The first-order valence-corrected chi connectivity index (χ1v) is 7.41. The van der Waals surface area contributed by atoms with Crippen molar-refractivity contribution in [3.05, 3.63) is 29.3 Å². The van der Waals surface area contributed by atoms with Gasteiger partial charge >= 0.3 is 12.1 Å². The number of nitrogens with two attached hydrogens (primary N) is 1. The van der Waals surface area contributed by atoms with E-state index in [1.54, 1.807) is 0 Å². The number of hydrogen-bond donors (Lipinski definition) is 3. The molecular formula is C11H13F3N2O4S. The Kier molecular flexibility index (Phi) is 5.18. The Labute approximate surface area is 118 Å². The number of aromatic carboxylic acids is 1. The lowest BCUT2D eigenvalue weighted by Crippen LogP contribution is -2.19. The highest BCUT2D eigenvalue weighted by Gasteiger charge is 2.35. The number of carbonyl (C=O) groups is 1. The van der Waals surface area contributed by atoms with Crippen molar-refractivity contribution in [2.45, 2.75) is 12.6 Å². The lowest BCUT2D eigenvalue weighted by molar-refractivity contribution is -0.138. The van der Waals surface area contributed by atoms with Crippen LogP contribution in [0.3, 0.4) is 0 Å². The molecule has 0 spiro atoms. The second-order valence-electron chi connectivity index (χ2n) is 4.21. The van der Waals surface area contributed by atoms with Gasteiger partial charge < -0.3 is 10.4 Å². The summed E-state index contributed by atoms with van der Waals surface area (Å²) >= 11 is 0. The molecule has 0 aromatic heterocycles. The third-order valence-electron chi connectivity index (χ3n) is 2.49. The molecule has 21 heavy (non-hydrogen) atoms. The molecule has 1 rings (SSSR count). The van der Waals surface area contributed by atoms with Gasteiger partial charge in [0.05, 0.1) is 16.9 Å². The summed E-state index contributed by atoms with van der Waals surface area (Å²) < 4.78 is 59.2. The van der Waals surface area contributed by atoms with E-state index in [-0.39, 0.29) is 24.4 Å². The first-order valence-electron chi connectivity index (χ1n) is 5.69. The Hall–Kier alpha value is -1.81. The van der Waals surface area contributed by atoms with Gasteiger partial charge in [-0.3, -0.25) is 0 Å². The third kappa shape index (κ3) is 5.60. The van der Waals surface area contributed by atoms with Gasteiger partial charge in [-0.25, -0.2) is 18.4 Å². The van der Waals surface area contributed by atoms with Crippen molar-refractivity contribution in [2.24, 2.45) is 5.14 Å². The number of carboxylic acids is 1. The van der Waals surface area contributed by atoms with Crippen molar-refractivity contribution in [2.75, 3.05) is 17.6 Å². The number of benzene rings is 1. The van der Waals surface area contributed by atoms with Crippen molar-refractivity contribution in [3.8, 4) is 0 Å². The summed E-state index contributed by atoms with van der Waals surface area (Å²) in [6.07, 6.45) is -4.62. The largest absolute Gasteiger partial charge is 0.478 e. The van der Waals surface area contributed by atoms with Crippen LogP contribution in [0.15, 0.2) is 18.2 Å². The maximum atomic E-state index is 12.6. The number of sulfonamides is 1. The molecule has 118 valence electrons. The predicted octanol–water partition coefficient (Wildman–Crippen LogP) is 1.49. The third-order valence-corrected chi connectivity index (χ3v) is 3.35. The van der Waals surface area contributed by atoms with Crippen LogP contribution in [0.2, 0.25) is 0 Å². The molecule has 6 nitrogen and oxygen atoms in total. The predicted molar refractivity (Wildman–Crippen MR) is 69.5 cm³/mol. The Bertz CT molecular complexity index is 629. The molecule has 0 aliphatic heterocycles. The van der Waals surface area contributed by atoms with E-state index in [0.717, 1.165) is 12.1 Å². The Morgan fingerprint density at radius 2 is 1.95 bits per heavy atom. The fourth-order valence-electron chi connectivity index (χ4n) is 1.58. The minimum absolute atomic E-state index is 0.126. The van der Waals surface area contributed by atoms with E-state index in [1.165, 1.54) is 0 Å². The summed E-state index contributed by atoms with van der Waals surface area (Å²) in [5.74, 6) is -1.98. The molecule has 0 bridgehead atoms. The van der Waals surface area contributed by atoms with E-state index in [0.29, 0.717) is 6.07 Å². The smallest absolute Gasteiger partial charge is 0.417 e. The van der Waals surface area contributed by atoms with Crippen LogP contribution in [0.1, 0.15) is 22.3 Å². The zero-order valence-corrected chi connectivity index (χ0v) is 11.5. The van der Waals surface area contributed by atoms with E-state index in [9.17, 15) is 26.4 Å². The number of anilines is 1. The minimum atomic E-state index is -4.76. The van der Waals surface area contributed by atoms with Crippen LogP contribution >= 0.6 is 0 Å². The molecule has 0 fully saturated rings. The van der Waals surface area contributed by atoms with Crippen molar-refractivity contribution >= 4 is 21.7 Å². The number of nitrogens with one attached hydrogen (secondary N) is 1. The van der Waals surface area contributed by atoms with Crippen LogP contribution < -0.4 is 10.5 Å². The van der Waals surface area contributed by atoms with Gasteiger partial charge in [0.15, 0.2) is 0 Å². The Balaban J connectivity index is 2.82. The van der Waals surface area contributed by atoms with E-state index in [1.807, 2.05) is 0 Å². The Morgan fingerprint density at radius 1 is 1.33 bits per heavy atom. The van der Waals surface area contributed by atoms with Gasteiger partial charge in [-0.15, -0.1) is 0 Å². The summed E-state index contributed by atoms with van der Waals surface area (Å²) in [5.41, 5.74) is -1.97. The topological polar surface area (TPSA) is 109 Å². The molecule has 0 radical (unpaired) electrons. The van der Waals surface area contributed by atoms with Crippen molar-refractivity contribution in [1.29, 1.82) is 0 Å². The molecule has 0 saturated carbocycles. The highest BCUT2D eigenvalue weighted by Crippen LogP contribution is 2.33. The molecule has 0 aliphatic rings. The first-order chi connectivity index (χ1) is 9.50. The van der Waals surface area contributed by atoms with Gasteiger partial charge in [0.2, 0.25) is 10.0 Å². The highest BCUT2D eigenvalue weighted by atomic mass is 32.2. The van der Waals surface area contributed by atoms with Crippen LogP contribution in [0, 0.1) is 0 Å². The van der Waals surface area contributed by atoms with Crippen LogP contribution in [-0.4, -0.2) is 31.8 Å². The molecule has 1 aromatic carbocycles. The lowest BCUT2D eigenvalue weighted by Gasteiger charge is -2.12. The Morgan fingerprint density at radius 3 is 2.43 bits per heavy atom. The van der Waals surface area contributed by atoms with Crippen LogP contribution in [0.5, 0.6) is 0 Å². The summed E-state index contributed by atoms with van der Waals surface area (Å²) in [6, 6.07) is 2.58. The van der Waals surface area contributed by atoms with Gasteiger partial charge in [0.25, 0.3) is 0 Å². The highest BCUT2D eigenvalue weighted by molar-refractivity contribution is 7.89. The molecule has 10 heteroatoms. The number of carboxylic acid groups (broad SMARTS) is 1. The van der Waals surface area contributed by atoms with E-state index < -0.39 is 33.3 Å². The zero-order chi connectivity index (χ0) is 16.3. The van der Waals surface area contributed by atoms with E-state index >= 15 is 0 Å². The van der Waals surface area contributed by atoms with E-state index in [4.69, 9.17) is 10.2 Å². The quantitative estimate of drug-likeness (QED) is 0.686. The maximum Gasteiger partial charge on any atom is 0.417 e. The first kappa shape index (κ1) is 17.2. The number of halogens is 3. The van der Waals surface area contributed by atoms with Gasteiger partial charge in [0.1, 0.15) is 0 Å². The normalized spacial score (nSPS) is 12.2. The standard InChI is InChI=1S/C11H13F3N2O4S/c12-11(13,14)9-3-2-7(6-8(9)10(17)18)16-4-1-5-21(15,19)20/h2-3,6,16H,1,4-5H2,(H,17,18)(H2,15,19,20). The van der Waals surface area contributed by atoms with Gasteiger partial charge in [0, 0.05) is 12.2 Å². The summed E-state index contributed by atoms with van der Waals surface area (Å²) in [5, 5.41) is 16.2. The molecule has 0 atom stereocenters. The molecule has 0 amide bonds. The summed E-state index contributed by atoms with van der Waals surface area (Å²) in [4.78, 5) is 10.9. The molecular weight excluding hydrogens is 313 g/mol. The molecule has 0 heterocycles. The second kappa shape index (κ2) is 6.31. The fourth-order valence-corrected chi connectivity index (χ4v) is 2.13. The summed E-state index contributed by atoms with van der Waals surface area (Å²) in [7, 11) is -3.61. The fraction of sp³-hybridized carbons (Fsp3) is 0.364. The van der Waals surface area contributed by atoms with Crippen molar-refractivity contribution in [1.82, 2.24) is 0 Å². The molecule has 0 unspecified atom stereocenters. The van der Waals surface area contributed by atoms with Gasteiger partial charge in [-0.2, -0.15) is 13.2 Å². The number of alkyl halides is 3. The van der Waals surface area contributed by atoms with Crippen molar-refractivity contribution in [3.63, 3.8) is 0 Å². The zero-order valence-electron chi connectivity index (χ0n) is 10.6. The molecule has 4 N–H and O–H groups in total. The SMILES string of the molecule is NS(=O)(=O)CCCNc1ccc(C(F)(F)F)c(C(=O)O)c1. The van der Waals surface area contributed by atoms with Crippen molar-refractivity contribution < 1.29 is 31.5 Å². The molecule has 0 aliphatic carbocycles. The number of rotatable bonds is 6. The average Bonchev–Trinajstić information content (AvgIpc) is 2.32. The second-order valence-corrected chi connectivity index (χ2v) is 5.94. The molecule has 0 saturated heterocycles. The number of primary sulfonamides is 1. The lowest BCUT2D eigenvalue weighted by atomic mass is 10.1. The minimum Gasteiger partial charge on any atom is -0.478 e. The monoisotopic (exact) mass is 326 g/mol. The average molecular weight is 326 g/mol. The molecule has 1 aromatic rings.